The quantitative estimate of drug-likeness (QED) is 0.115. The largest absolute Gasteiger partial charge is 0.493 e. The van der Waals surface area contributed by atoms with E-state index in [9.17, 15) is 0 Å². The molecule has 0 bridgehead atoms. The Morgan fingerprint density at radius 2 is 1.17 bits per heavy atom. The summed E-state index contributed by atoms with van der Waals surface area (Å²) in [5, 5.41) is 4.57. The summed E-state index contributed by atoms with van der Waals surface area (Å²) in [7, 11) is 0. The molecular weight excluding hydrogens is 574 g/mol. The molecule has 0 radical (unpaired) electrons. The van der Waals surface area contributed by atoms with Gasteiger partial charge < -0.3 is 24.7 Å². The van der Waals surface area contributed by atoms with Crippen LogP contribution in [0.3, 0.4) is 0 Å². The van der Waals surface area contributed by atoms with Gasteiger partial charge in [0, 0.05) is 54.1 Å². The molecule has 0 unspecified atom stereocenters. The van der Waals surface area contributed by atoms with Gasteiger partial charge in [-0.1, -0.05) is 72.8 Å². The molecule has 0 aliphatic carbocycles. The van der Waals surface area contributed by atoms with Crippen LogP contribution in [0.2, 0.25) is 0 Å². The van der Waals surface area contributed by atoms with Crippen LogP contribution in [-0.4, -0.2) is 56.2 Å². The number of aromatic nitrogens is 2. The van der Waals surface area contributed by atoms with Gasteiger partial charge in [0.05, 0.1) is 46.2 Å². The summed E-state index contributed by atoms with van der Waals surface area (Å²) >= 11 is 0. The van der Waals surface area contributed by atoms with Crippen LogP contribution in [0.4, 0.5) is 0 Å². The first-order valence-electron chi connectivity index (χ1n) is 15.7. The lowest BCUT2D eigenvalue weighted by atomic mass is 9.97. The average molecular weight is 614 g/mol. The van der Waals surface area contributed by atoms with Crippen molar-refractivity contribution in [1.82, 2.24) is 9.97 Å². The van der Waals surface area contributed by atoms with Crippen molar-refractivity contribution in [3.05, 3.63) is 127 Å². The van der Waals surface area contributed by atoms with Crippen LogP contribution in [0.5, 0.6) is 5.75 Å². The molecule has 0 aliphatic heterocycles. The Morgan fingerprint density at radius 1 is 0.543 bits per heavy atom. The van der Waals surface area contributed by atoms with Crippen molar-refractivity contribution in [3.8, 4) is 28.0 Å². The summed E-state index contributed by atoms with van der Waals surface area (Å²) in [4.78, 5) is 8.73. The number of hydrogen-bond donors (Lipinski definition) is 1. The zero-order chi connectivity index (χ0) is 31.4. The molecule has 7 nitrogen and oxygen atoms in total. The van der Waals surface area contributed by atoms with Gasteiger partial charge in [-0.3, -0.25) is 9.97 Å². The van der Waals surface area contributed by atoms with Crippen molar-refractivity contribution in [3.63, 3.8) is 0 Å². The number of hydrogen-bond acceptors (Lipinski definition) is 7. The van der Waals surface area contributed by atoms with Crippen molar-refractivity contribution in [2.75, 3.05) is 46.2 Å². The molecule has 6 rings (SSSR count). The van der Waals surface area contributed by atoms with Crippen LogP contribution in [0.1, 0.15) is 11.1 Å². The standard InChI is InChI=1S/C39H39N3O4/c40-16-20-43-21-22-44-23-24-45-28-30-9-12-36(35-6-2-4-32-14-18-42-27-38(32)35)39(25-30)46-19-15-29-7-10-33(11-8-29)34-5-1-3-31-13-17-41-26-37(31)34/h1-14,17-18,25-27H,15-16,19-24,28,40H2. The van der Waals surface area contributed by atoms with Crippen molar-refractivity contribution in [2.24, 2.45) is 5.73 Å². The Morgan fingerprint density at radius 3 is 1.89 bits per heavy atom. The third-order valence-electron chi connectivity index (χ3n) is 7.89. The Bertz CT molecular complexity index is 1850. The normalized spacial score (nSPS) is 11.3. The van der Waals surface area contributed by atoms with Crippen molar-refractivity contribution in [2.45, 2.75) is 13.0 Å². The third kappa shape index (κ3) is 7.94. The van der Waals surface area contributed by atoms with Gasteiger partial charge in [0.1, 0.15) is 5.75 Å². The summed E-state index contributed by atoms with van der Waals surface area (Å²) in [5.41, 5.74) is 12.2. The van der Waals surface area contributed by atoms with Crippen molar-refractivity contribution < 1.29 is 18.9 Å². The Hall–Kier alpha value is -4.66. The summed E-state index contributed by atoms with van der Waals surface area (Å²) in [6, 6.07) is 31.8. The van der Waals surface area contributed by atoms with E-state index in [2.05, 4.69) is 88.8 Å². The molecular formula is C39H39N3O4. The lowest BCUT2D eigenvalue weighted by molar-refractivity contribution is 0.0119. The molecule has 0 atom stereocenters. The predicted octanol–water partition coefficient (Wildman–Crippen LogP) is 7.25. The molecule has 0 saturated heterocycles. The van der Waals surface area contributed by atoms with E-state index in [1.807, 2.05) is 36.9 Å². The summed E-state index contributed by atoms with van der Waals surface area (Å²) in [6.07, 6.45) is 8.29. The van der Waals surface area contributed by atoms with E-state index in [0.717, 1.165) is 45.0 Å². The first-order chi connectivity index (χ1) is 22.8. The second-order valence-electron chi connectivity index (χ2n) is 11.0. The highest BCUT2D eigenvalue weighted by Gasteiger charge is 2.12. The zero-order valence-corrected chi connectivity index (χ0v) is 25.9. The monoisotopic (exact) mass is 613 g/mol. The zero-order valence-electron chi connectivity index (χ0n) is 25.9. The van der Waals surface area contributed by atoms with Crippen LogP contribution in [0.25, 0.3) is 43.8 Å². The molecule has 2 heterocycles. The van der Waals surface area contributed by atoms with Crippen LogP contribution in [0.15, 0.2) is 116 Å². The van der Waals surface area contributed by atoms with Gasteiger partial charge in [0.2, 0.25) is 0 Å². The Balaban J connectivity index is 1.13. The van der Waals surface area contributed by atoms with Crippen LogP contribution in [0, 0.1) is 0 Å². The van der Waals surface area contributed by atoms with Crippen molar-refractivity contribution in [1.29, 1.82) is 0 Å². The minimum Gasteiger partial charge on any atom is -0.493 e. The smallest absolute Gasteiger partial charge is 0.127 e. The molecule has 234 valence electrons. The van der Waals surface area contributed by atoms with Gasteiger partial charge in [-0.15, -0.1) is 0 Å². The van der Waals surface area contributed by atoms with E-state index in [4.69, 9.17) is 24.7 Å². The molecule has 2 aromatic heterocycles. The summed E-state index contributed by atoms with van der Waals surface area (Å²) in [5.74, 6) is 0.825. The molecule has 0 fully saturated rings. The number of nitrogens with two attached hydrogens (primary N) is 1. The fourth-order valence-electron chi connectivity index (χ4n) is 5.55. The molecule has 0 saturated carbocycles. The van der Waals surface area contributed by atoms with E-state index in [0.29, 0.717) is 52.8 Å². The first kappa shape index (κ1) is 31.3. The number of fused-ring (bicyclic) bond motifs is 2. The van der Waals surface area contributed by atoms with Gasteiger partial charge in [0.25, 0.3) is 0 Å². The van der Waals surface area contributed by atoms with Gasteiger partial charge in [-0.05, 0) is 56.8 Å². The molecule has 46 heavy (non-hydrogen) atoms. The van der Waals surface area contributed by atoms with Gasteiger partial charge in [-0.25, -0.2) is 0 Å². The molecule has 0 aliphatic rings. The van der Waals surface area contributed by atoms with Crippen LogP contribution < -0.4 is 10.5 Å². The topological polar surface area (TPSA) is 88.7 Å². The molecule has 7 heteroatoms. The lowest BCUT2D eigenvalue weighted by Gasteiger charge is -2.16. The van der Waals surface area contributed by atoms with Gasteiger partial charge >= 0.3 is 0 Å². The van der Waals surface area contributed by atoms with E-state index in [-0.39, 0.29) is 0 Å². The lowest BCUT2D eigenvalue weighted by Crippen LogP contribution is -2.13. The molecule has 6 aromatic rings. The summed E-state index contributed by atoms with van der Waals surface area (Å²) in [6.45, 7) is 4.13. The number of benzene rings is 4. The van der Waals surface area contributed by atoms with Crippen LogP contribution in [-0.2, 0) is 27.2 Å². The molecule has 2 N–H and O–H groups in total. The molecule has 4 aromatic carbocycles. The van der Waals surface area contributed by atoms with E-state index >= 15 is 0 Å². The second-order valence-corrected chi connectivity index (χ2v) is 11.0. The first-order valence-corrected chi connectivity index (χ1v) is 15.7. The SMILES string of the molecule is NCCOCCOCCOCc1ccc(-c2cccc3ccncc23)c(OCCc2ccc(-c3cccc4ccncc34)cc2)c1. The Labute approximate surface area is 269 Å². The highest BCUT2D eigenvalue weighted by atomic mass is 16.5. The van der Waals surface area contributed by atoms with Gasteiger partial charge in [0.15, 0.2) is 0 Å². The average Bonchev–Trinajstić information content (AvgIpc) is 3.11. The highest BCUT2D eigenvalue weighted by Crippen LogP contribution is 2.36. The maximum atomic E-state index is 6.52. The van der Waals surface area contributed by atoms with E-state index < -0.39 is 0 Å². The third-order valence-corrected chi connectivity index (χ3v) is 7.89. The Kier molecular flexibility index (Phi) is 10.9. The maximum absolute atomic E-state index is 6.52. The van der Waals surface area contributed by atoms with Crippen molar-refractivity contribution >= 4 is 21.5 Å². The van der Waals surface area contributed by atoms with Gasteiger partial charge in [-0.2, -0.15) is 0 Å². The minimum atomic E-state index is 0.464. The number of ether oxygens (including phenoxy) is 4. The minimum absolute atomic E-state index is 0.464. The summed E-state index contributed by atoms with van der Waals surface area (Å²) < 4.78 is 23.3. The molecule has 0 spiro atoms. The van der Waals surface area contributed by atoms with E-state index in [1.165, 1.54) is 22.1 Å². The van der Waals surface area contributed by atoms with Crippen LogP contribution >= 0.6 is 0 Å². The second kappa shape index (κ2) is 16.1. The highest BCUT2D eigenvalue weighted by molar-refractivity contribution is 5.97. The van der Waals surface area contributed by atoms with E-state index in [1.54, 1.807) is 0 Å². The fourth-order valence-corrected chi connectivity index (χ4v) is 5.55. The predicted molar refractivity (Wildman–Crippen MR) is 184 cm³/mol. The maximum Gasteiger partial charge on any atom is 0.127 e. The molecule has 0 amide bonds. The fraction of sp³-hybridized carbons (Fsp3) is 0.231. The number of rotatable bonds is 16. The number of pyridine rings is 2. The number of nitrogens with zero attached hydrogens (tertiary/aromatic N) is 2.